The number of fused-ring (bicyclic) bond motifs is 1. The fraction of sp³-hybridized carbons (Fsp3) is 0.240. The van der Waals surface area contributed by atoms with Crippen molar-refractivity contribution in [3.63, 3.8) is 0 Å². The summed E-state index contributed by atoms with van der Waals surface area (Å²) in [4.78, 5) is 5.01. The van der Waals surface area contributed by atoms with Gasteiger partial charge in [0.1, 0.15) is 22.8 Å². The fourth-order valence-electron chi connectivity index (χ4n) is 3.91. The van der Waals surface area contributed by atoms with Crippen LogP contribution in [-0.4, -0.2) is 34.7 Å². The predicted octanol–water partition coefficient (Wildman–Crippen LogP) is 5.01. The molecule has 0 fully saturated rings. The molecular weight excluding hydrogens is 495 g/mol. The minimum Gasteiger partial charge on any atom is -0.507 e. The molecule has 0 bridgehead atoms. The van der Waals surface area contributed by atoms with Gasteiger partial charge in [0.05, 0.1) is 10.5 Å². The van der Waals surface area contributed by atoms with Crippen LogP contribution >= 0.6 is 12.6 Å². The van der Waals surface area contributed by atoms with Gasteiger partial charge in [0, 0.05) is 35.5 Å². The van der Waals surface area contributed by atoms with E-state index in [9.17, 15) is 22.5 Å². The lowest BCUT2D eigenvalue weighted by atomic mass is 9.91. The second kappa shape index (κ2) is 10.8. The Hall–Kier alpha value is -2.82. The number of halogens is 3. The van der Waals surface area contributed by atoms with Crippen molar-refractivity contribution in [1.82, 2.24) is 10.0 Å². The third-order valence-electron chi connectivity index (χ3n) is 5.63. The summed E-state index contributed by atoms with van der Waals surface area (Å²) in [5.74, 6) is 0.180. The zero-order chi connectivity index (χ0) is 25.0. The number of phenolic OH excluding ortho intramolecular Hbond substituents is 1. The van der Waals surface area contributed by atoms with Crippen LogP contribution in [0, 0.1) is 0 Å². The molecule has 2 aromatic rings. The van der Waals surface area contributed by atoms with Crippen molar-refractivity contribution in [2.75, 3.05) is 13.1 Å². The van der Waals surface area contributed by atoms with Crippen LogP contribution in [0.5, 0.6) is 5.75 Å². The lowest BCUT2D eigenvalue weighted by Crippen LogP contribution is -2.27. The number of alkyl halides is 3. The Bertz CT molecular complexity index is 1250. The molecule has 35 heavy (non-hydrogen) atoms. The summed E-state index contributed by atoms with van der Waals surface area (Å²) in [6.07, 6.45) is 2.38. The highest BCUT2D eigenvalue weighted by Gasteiger charge is 2.34. The van der Waals surface area contributed by atoms with Gasteiger partial charge in [-0.2, -0.15) is 13.2 Å². The highest BCUT2D eigenvalue weighted by molar-refractivity contribution is 7.85. The summed E-state index contributed by atoms with van der Waals surface area (Å²) in [6, 6.07) is 11.8. The summed E-state index contributed by atoms with van der Waals surface area (Å²) >= 11 is 4.51. The maximum Gasteiger partial charge on any atom is 0.417 e. The van der Waals surface area contributed by atoms with Crippen molar-refractivity contribution >= 4 is 35.4 Å². The van der Waals surface area contributed by atoms with E-state index in [4.69, 9.17) is 0 Å². The van der Waals surface area contributed by atoms with Crippen molar-refractivity contribution in [2.24, 2.45) is 4.99 Å². The number of phenols is 1. The molecule has 4 rings (SSSR count). The molecule has 1 heterocycles. The zero-order valence-electron chi connectivity index (χ0n) is 18.5. The number of hydrogen-bond acceptors (Lipinski definition) is 5. The third-order valence-corrected chi connectivity index (χ3v) is 7.22. The number of thiol groups is 1. The number of allylic oxidation sites excluding steroid dienone is 3. The average molecular weight is 520 g/mol. The van der Waals surface area contributed by atoms with Gasteiger partial charge in [-0.05, 0) is 54.3 Å². The Morgan fingerprint density at radius 1 is 1.03 bits per heavy atom. The molecule has 2 unspecified atom stereocenters. The Morgan fingerprint density at radius 3 is 2.51 bits per heavy atom. The quantitative estimate of drug-likeness (QED) is 0.278. The molecule has 1 aliphatic carbocycles. The van der Waals surface area contributed by atoms with E-state index < -0.39 is 22.7 Å². The lowest BCUT2D eigenvalue weighted by molar-refractivity contribution is -0.139. The van der Waals surface area contributed by atoms with Crippen molar-refractivity contribution in [2.45, 2.75) is 30.0 Å². The monoisotopic (exact) mass is 519 g/mol. The molecule has 5 nitrogen and oxygen atoms in total. The largest absolute Gasteiger partial charge is 0.507 e. The van der Waals surface area contributed by atoms with Gasteiger partial charge in [0.15, 0.2) is 0 Å². The van der Waals surface area contributed by atoms with Crippen molar-refractivity contribution < 1.29 is 22.5 Å². The van der Waals surface area contributed by atoms with E-state index in [2.05, 4.69) is 27.7 Å². The maximum absolute atomic E-state index is 13.1. The molecule has 0 radical (unpaired) electrons. The number of rotatable bonds is 9. The lowest BCUT2D eigenvalue weighted by Gasteiger charge is -2.23. The SMILES string of the molecule is O=S(NCCCCNC1=CC(c2ccccc2O)=CC2=C(S)C=NC12)c1ccccc1C(F)(F)F. The summed E-state index contributed by atoms with van der Waals surface area (Å²) < 4.78 is 54.5. The van der Waals surface area contributed by atoms with E-state index in [1.54, 1.807) is 18.3 Å². The van der Waals surface area contributed by atoms with Crippen molar-refractivity contribution in [3.8, 4) is 5.75 Å². The van der Waals surface area contributed by atoms with Crippen molar-refractivity contribution in [1.29, 1.82) is 0 Å². The molecule has 0 saturated carbocycles. The van der Waals surface area contributed by atoms with Gasteiger partial charge in [0.25, 0.3) is 0 Å². The number of nitrogens with zero attached hydrogens (tertiary/aromatic N) is 1. The fourth-order valence-corrected chi connectivity index (χ4v) is 5.23. The normalized spacial score (nSPS) is 18.2. The molecule has 0 amide bonds. The van der Waals surface area contributed by atoms with Gasteiger partial charge in [-0.3, -0.25) is 4.99 Å². The molecule has 10 heteroatoms. The van der Waals surface area contributed by atoms with Gasteiger partial charge >= 0.3 is 6.18 Å². The summed E-state index contributed by atoms with van der Waals surface area (Å²) in [7, 11) is -1.95. The van der Waals surface area contributed by atoms with Gasteiger partial charge < -0.3 is 10.4 Å². The minimum atomic E-state index is -4.56. The molecule has 1 aliphatic heterocycles. The van der Waals surface area contributed by atoms with E-state index in [-0.39, 0.29) is 16.7 Å². The van der Waals surface area contributed by atoms with Crippen LogP contribution in [0.3, 0.4) is 0 Å². The first-order valence-electron chi connectivity index (χ1n) is 11.0. The van der Waals surface area contributed by atoms with Crippen LogP contribution < -0.4 is 10.0 Å². The Labute approximate surface area is 209 Å². The number of para-hydroxylation sites is 1. The highest BCUT2D eigenvalue weighted by atomic mass is 32.2. The Balaban J connectivity index is 1.33. The van der Waals surface area contributed by atoms with Crippen LogP contribution in [0.25, 0.3) is 5.57 Å². The molecule has 2 atom stereocenters. The topological polar surface area (TPSA) is 73.7 Å². The van der Waals surface area contributed by atoms with Crippen molar-refractivity contribution in [3.05, 3.63) is 88.0 Å². The van der Waals surface area contributed by atoms with Crippen LogP contribution in [-0.2, 0) is 17.2 Å². The van der Waals surface area contributed by atoms with Crippen LogP contribution in [0.4, 0.5) is 13.2 Å². The number of unbranched alkanes of at least 4 members (excludes halogenated alkanes) is 1. The van der Waals surface area contributed by atoms with E-state index in [0.717, 1.165) is 27.8 Å². The first-order valence-corrected chi connectivity index (χ1v) is 12.6. The Kier molecular flexibility index (Phi) is 7.83. The van der Waals surface area contributed by atoms with E-state index in [1.165, 1.54) is 18.2 Å². The van der Waals surface area contributed by atoms with E-state index in [1.807, 2.05) is 24.3 Å². The summed E-state index contributed by atoms with van der Waals surface area (Å²) in [5.41, 5.74) is 2.47. The van der Waals surface area contributed by atoms with Gasteiger partial charge in [-0.25, -0.2) is 8.93 Å². The number of benzene rings is 2. The molecular formula is C25H24F3N3O2S2. The Morgan fingerprint density at radius 2 is 1.74 bits per heavy atom. The second-order valence-electron chi connectivity index (χ2n) is 8.03. The highest BCUT2D eigenvalue weighted by Crippen LogP contribution is 2.37. The van der Waals surface area contributed by atoms with Crippen LogP contribution in [0.2, 0.25) is 0 Å². The number of aliphatic imine (C=N–C) groups is 1. The van der Waals surface area contributed by atoms with E-state index in [0.29, 0.717) is 31.5 Å². The number of hydrogen-bond donors (Lipinski definition) is 4. The molecule has 3 N–H and O–H groups in total. The first-order chi connectivity index (χ1) is 16.8. The number of nitrogens with one attached hydrogen (secondary N) is 2. The predicted molar refractivity (Wildman–Crippen MR) is 136 cm³/mol. The molecule has 0 aromatic heterocycles. The smallest absolute Gasteiger partial charge is 0.417 e. The molecule has 2 aromatic carbocycles. The molecule has 0 spiro atoms. The van der Waals surface area contributed by atoms with Gasteiger partial charge in [-0.1, -0.05) is 30.3 Å². The maximum atomic E-state index is 13.1. The zero-order valence-corrected chi connectivity index (χ0v) is 20.3. The van der Waals surface area contributed by atoms with Gasteiger partial charge in [0.2, 0.25) is 0 Å². The average Bonchev–Trinajstić information content (AvgIpc) is 3.21. The van der Waals surface area contributed by atoms with Gasteiger partial charge in [-0.15, -0.1) is 12.6 Å². The summed E-state index contributed by atoms with van der Waals surface area (Å²) in [5, 5.41) is 13.7. The third kappa shape index (κ3) is 5.88. The molecule has 0 saturated heterocycles. The summed E-state index contributed by atoms with van der Waals surface area (Å²) in [6.45, 7) is 0.893. The van der Waals surface area contributed by atoms with Crippen LogP contribution in [0.15, 0.2) is 86.7 Å². The number of aromatic hydroxyl groups is 1. The molecule has 2 aliphatic rings. The molecule has 184 valence electrons. The van der Waals surface area contributed by atoms with E-state index >= 15 is 0 Å². The van der Waals surface area contributed by atoms with Crippen LogP contribution in [0.1, 0.15) is 24.0 Å². The standard InChI is InChI=1S/C25H24F3N3O2S2/c26-25(27,28)19-8-2-4-10-23(19)35(33)31-12-6-5-11-29-20-14-16(17-7-1-3-9-21(17)32)13-18-22(34)15-30-24(18)20/h1-4,7-10,13-15,24,29,31-32,34H,5-6,11-12H2. The second-order valence-corrected chi connectivity index (χ2v) is 9.78. The first kappa shape index (κ1) is 25.3. The minimum absolute atomic E-state index is 0.180.